The van der Waals surface area contributed by atoms with Gasteiger partial charge in [0.1, 0.15) is 5.75 Å². The van der Waals surface area contributed by atoms with Crippen LogP contribution in [-0.2, 0) is 4.79 Å². The molecule has 20 heavy (non-hydrogen) atoms. The molecular formula is C14H18N2O4. The molecule has 0 radical (unpaired) electrons. The average Bonchev–Trinajstić information content (AvgIpc) is 2.41. The number of phenols is 1. The van der Waals surface area contributed by atoms with Gasteiger partial charge >= 0.3 is 5.97 Å². The number of hydrogen-bond donors (Lipinski definition) is 4. The summed E-state index contributed by atoms with van der Waals surface area (Å²) in [6.45, 7) is 1.83. The Morgan fingerprint density at radius 2 is 2.00 bits per heavy atom. The van der Waals surface area contributed by atoms with Gasteiger partial charge in [-0.3, -0.25) is 4.79 Å². The van der Waals surface area contributed by atoms with Crippen molar-refractivity contribution in [1.29, 1.82) is 0 Å². The van der Waals surface area contributed by atoms with Gasteiger partial charge in [0, 0.05) is 6.42 Å². The number of nitrogens with one attached hydrogen (secondary N) is 2. The lowest BCUT2D eigenvalue weighted by Gasteiger charge is -2.22. The van der Waals surface area contributed by atoms with E-state index in [0.717, 1.165) is 32.0 Å². The molecule has 0 aromatic heterocycles. The molecule has 0 atom stereocenters. The number of carboxylic acid groups (broad SMARTS) is 1. The molecule has 1 aromatic rings. The second-order valence-electron chi connectivity index (χ2n) is 4.98. The molecule has 0 saturated carbocycles. The molecule has 1 heterocycles. The Labute approximate surface area is 116 Å². The Bertz CT molecular complexity index is 510. The van der Waals surface area contributed by atoms with Gasteiger partial charge in [-0.05, 0) is 50.0 Å². The first-order valence-electron chi connectivity index (χ1n) is 6.63. The number of anilines is 1. The van der Waals surface area contributed by atoms with Crippen LogP contribution in [0.4, 0.5) is 5.69 Å². The summed E-state index contributed by atoms with van der Waals surface area (Å²) in [5.74, 6) is -1.18. The summed E-state index contributed by atoms with van der Waals surface area (Å²) in [7, 11) is 0. The number of carbonyl (C=O) groups excluding carboxylic acids is 1. The Kier molecular flexibility index (Phi) is 4.57. The lowest BCUT2D eigenvalue weighted by atomic mass is 9.94. The zero-order valence-electron chi connectivity index (χ0n) is 11.1. The van der Waals surface area contributed by atoms with Crippen molar-refractivity contribution in [2.45, 2.75) is 19.3 Å². The van der Waals surface area contributed by atoms with Crippen LogP contribution in [0.15, 0.2) is 18.2 Å². The predicted octanol–water partition coefficient (Wildman–Crippen LogP) is 1.42. The van der Waals surface area contributed by atoms with Crippen molar-refractivity contribution < 1.29 is 19.8 Å². The maximum Gasteiger partial charge on any atom is 0.337 e. The van der Waals surface area contributed by atoms with Crippen LogP contribution < -0.4 is 10.6 Å². The summed E-state index contributed by atoms with van der Waals surface area (Å²) in [6.07, 6.45) is 2.30. The number of benzene rings is 1. The first-order valence-corrected chi connectivity index (χ1v) is 6.63. The van der Waals surface area contributed by atoms with Crippen molar-refractivity contribution in [1.82, 2.24) is 5.32 Å². The number of hydrogen-bond acceptors (Lipinski definition) is 4. The highest BCUT2D eigenvalue weighted by Crippen LogP contribution is 2.23. The van der Waals surface area contributed by atoms with Crippen LogP contribution in [0.5, 0.6) is 5.75 Å². The number of aromatic carboxylic acids is 1. The molecule has 2 rings (SSSR count). The summed E-state index contributed by atoms with van der Waals surface area (Å²) >= 11 is 0. The number of carboxylic acids is 1. The van der Waals surface area contributed by atoms with Crippen molar-refractivity contribution in [3.8, 4) is 5.75 Å². The molecule has 0 unspecified atom stereocenters. The summed E-state index contributed by atoms with van der Waals surface area (Å²) < 4.78 is 0. The summed E-state index contributed by atoms with van der Waals surface area (Å²) in [6, 6.07) is 3.88. The number of piperidine rings is 1. The minimum Gasteiger partial charge on any atom is -0.508 e. The Hall–Kier alpha value is -2.08. The van der Waals surface area contributed by atoms with Crippen LogP contribution in [0.3, 0.4) is 0 Å². The first kappa shape index (κ1) is 14.3. The third-order valence-electron chi connectivity index (χ3n) is 3.44. The van der Waals surface area contributed by atoms with Crippen LogP contribution in [0.25, 0.3) is 0 Å². The highest BCUT2D eigenvalue weighted by molar-refractivity contribution is 6.00. The van der Waals surface area contributed by atoms with E-state index in [1.807, 2.05) is 0 Å². The van der Waals surface area contributed by atoms with Gasteiger partial charge in [-0.1, -0.05) is 0 Å². The second-order valence-corrected chi connectivity index (χ2v) is 4.98. The second kappa shape index (κ2) is 6.38. The van der Waals surface area contributed by atoms with Crippen LogP contribution >= 0.6 is 0 Å². The predicted molar refractivity (Wildman–Crippen MR) is 73.9 cm³/mol. The van der Waals surface area contributed by atoms with E-state index in [1.54, 1.807) is 0 Å². The number of phenolic OH excluding ortho intramolecular Hbond substituents is 1. The van der Waals surface area contributed by atoms with Gasteiger partial charge in [-0.15, -0.1) is 0 Å². The van der Waals surface area contributed by atoms with Crippen molar-refractivity contribution in [2.24, 2.45) is 5.92 Å². The topological polar surface area (TPSA) is 98.7 Å². The molecule has 0 bridgehead atoms. The largest absolute Gasteiger partial charge is 0.508 e. The van der Waals surface area contributed by atoms with E-state index in [0.29, 0.717) is 12.3 Å². The minimum atomic E-state index is -1.18. The lowest BCUT2D eigenvalue weighted by molar-refractivity contribution is -0.117. The molecule has 0 spiro atoms. The number of carbonyl (C=O) groups is 2. The Morgan fingerprint density at radius 1 is 1.30 bits per heavy atom. The fraction of sp³-hybridized carbons (Fsp3) is 0.429. The molecule has 1 saturated heterocycles. The van der Waals surface area contributed by atoms with Gasteiger partial charge in [-0.25, -0.2) is 4.79 Å². The van der Waals surface area contributed by atoms with Gasteiger partial charge in [-0.2, -0.15) is 0 Å². The molecule has 1 amide bonds. The fourth-order valence-electron chi connectivity index (χ4n) is 2.37. The van der Waals surface area contributed by atoms with Gasteiger partial charge in [0.15, 0.2) is 0 Å². The highest BCUT2D eigenvalue weighted by atomic mass is 16.4. The zero-order valence-corrected chi connectivity index (χ0v) is 11.1. The normalized spacial score (nSPS) is 15.8. The van der Waals surface area contributed by atoms with Crippen molar-refractivity contribution in [3.05, 3.63) is 23.8 Å². The molecule has 4 N–H and O–H groups in total. The molecule has 108 valence electrons. The minimum absolute atomic E-state index is 0.108. The van der Waals surface area contributed by atoms with Crippen molar-refractivity contribution in [2.75, 3.05) is 18.4 Å². The fourth-order valence-corrected chi connectivity index (χ4v) is 2.37. The monoisotopic (exact) mass is 278 g/mol. The molecule has 6 heteroatoms. The summed E-state index contributed by atoms with van der Waals surface area (Å²) in [4.78, 5) is 23.0. The molecule has 1 aliphatic heterocycles. The number of amides is 1. The third kappa shape index (κ3) is 3.71. The van der Waals surface area contributed by atoms with E-state index in [9.17, 15) is 14.7 Å². The van der Waals surface area contributed by atoms with E-state index in [-0.39, 0.29) is 22.9 Å². The summed E-state index contributed by atoms with van der Waals surface area (Å²) in [5, 5.41) is 24.2. The van der Waals surface area contributed by atoms with E-state index in [2.05, 4.69) is 10.6 Å². The molecular weight excluding hydrogens is 260 g/mol. The first-order chi connectivity index (χ1) is 9.56. The Balaban J connectivity index is 2.01. The van der Waals surface area contributed by atoms with Crippen LogP contribution in [0, 0.1) is 5.92 Å². The maximum absolute atomic E-state index is 12.0. The van der Waals surface area contributed by atoms with Gasteiger partial charge in [0.25, 0.3) is 0 Å². The van der Waals surface area contributed by atoms with E-state index < -0.39 is 5.97 Å². The number of rotatable bonds is 4. The van der Waals surface area contributed by atoms with E-state index in [1.165, 1.54) is 12.1 Å². The van der Waals surface area contributed by atoms with Crippen LogP contribution in [0.1, 0.15) is 29.6 Å². The third-order valence-corrected chi connectivity index (χ3v) is 3.44. The quantitative estimate of drug-likeness (QED) is 0.624. The molecule has 1 aliphatic rings. The average molecular weight is 278 g/mol. The van der Waals surface area contributed by atoms with Crippen molar-refractivity contribution in [3.63, 3.8) is 0 Å². The van der Waals surface area contributed by atoms with E-state index >= 15 is 0 Å². The van der Waals surface area contributed by atoms with Crippen LogP contribution in [-0.4, -0.2) is 35.2 Å². The van der Waals surface area contributed by atoms with Crippen LogP contribution in [0.2, 0.25) is 0 Å². The number of aromatic hydroxyl groups is 1. The smallest absolute Gasteiger partial charge is 0.337 e. The van der Waals surface area contributed by atoms with Gasteiger partial charge in [0.2, 0.25) is 5.91 Å². The maximum atomic E-state index is 12.0. The highest BCUT2D eigenvalue weighted by Gasteiger charge is 2.18. The van der Waals surface area contributed by atoms with Gasteiger partial charge in [0.05, 0.1) is 11.3 Å². The summed E-state index contributed by atoms with van der Waals surface area (Å²) in [5.41, 5.74) is 0.109. The van der Waals surface area contributed by atoms with E-state index in [4.69, 9.17) is 5.11 Å². The Morgan fingerprint density at radius 3 is 2.65 bits per heavy atom. The lowest BCUT2D eigenvalue weighted by Crippen LogP contribution is -2.30. The zero-order chi connectivity index (χ0) is 14.5. The standard InChI is InChI=1S/C14H18N2O4/c17-10-1-2-12(11(8-10)14(19)20)16-13(18)7-9-3-5-15-6-4-9/h1-2,8-9,15,17H,3-7H2,(H,16,18)(H,19,20). The van der Waals surface area contributed by atoms with Crippen molar-refractivity contribution >= 4 is 17.6 Å². The molecule has 1 fully saturated rings. The SMILES string of the molecule is O=C(CC1CCNCC1)Nc1ccc(O)cc1C(=O)O. The molecule has 0 aliphatic carbocycles. The molecule has 6 nitrogen and oxygen atoms in total. The molecule has 1 aromatic carbocycles. The van der Waals surface area contributed by atoms with Gasteiger partial charge < -0.3 is 20.8 Å².